The molecule has 10 heavy (non-hydrogen) atoms. The summed E-state index contributed by atoms with van der Waals surface area (Å²) in [6.07, 6.45) is 6.61. The molecule has 1 saturated carbocycles. The molecule has 54 valence electrons. The third-order valence-corrected chi connectivity index (χ3v) is 2.08. The molecule has 0 N–H and O–H groups in total. The van der Waals surface area contributed by atoms with Crippen molar-refractivity contribution in [3.63, 3.8) is 0 Å². The van der Waals surface area contributed by atoms with E-state index < -0.39 is 0 Å². The number of nitrogens with zero attached hydrogens (tertiary/aromatic N) is 2. The lowest BCUT2D eigenvalue weighted by Crippen LogP contribution is -2.15. The molecule has 1 unspecified atom stereocenters. The number of hydrogen-bond acceptors (Lipinski definition) is 2. The first-order chi connectivity index (χ1) is 4.84. The molecule has 1 aliphatic rings. The van der Waals surface area contributed by atoms with E-state index in [4.69, 9.17) is 5.26 Å². The summed E-state index contributed by atoms with van der Waals surface area (Å²) in [7, 11) is 0. The minimum atomic E-state index is 0.549. The second-order valence-corrected chi connectivity index (χ2v) is 2.85. The summed E-state index contributed by atoms with van der Waals surface area (Å²) in [4.78, 5) is 3.79. The zero-order chi connectivity index (χ0) is 7.40. The fourth-order valence-electron chi connectivity index (χ4n) is 1.40. The predicted molar refractivity (Wildman–Crippen MR) is 40.7 cm³/mol. The lowest BCUT2D eigenvalue weighted by atomic mass is 9.89. The highest BCUT2D eigenvalue weighted by atomic mass is 14.7. The molecule has 0 radical (unpaired) electrons. The van der Waals surface area contributed by atoms with Crippen LogP contribution in [0.1, 0.15) is 32.6 Å². The van der Waals surface area contributed by atoms with Crippen molar-refractivity contribution in [1.82, 2.24) is 0 Å². The zero-order valence-corrected chi connectivity index (χ0v) is 6.30. The number of hydrogen-bond donors (Lipinski definition) is 0. The van der Waals surface area contributed by atoms with Crippen molar-refractivity contribution in [2.24, 2.45) is 10.9 Å². The quantitative estimate of drug-likeness (QED) is 0.470. The summed E-state index contributed by atoms with van der Waals surface area (Å²) in [5, 5.41) is 8.30. The fraction of sp³-hybridized carbons (Fsp3) is 0.750. The van der Waals surface area contributed by atoms with Gasteiger partial charge >= 0.3 is 0 Å². The summed E-state index contributed by atoms with van der Waals surface area (Å²) < 4.78 is 0. The highest BCUT2D eigenvalue weighted by molar-refractivity contribution is 5.87. The standard InChI is InChI=1S/C8H12N2/c1-7-4-2-3-5-8(7)10-6-9/h7H,2-5H2,1H3. The first kappa shape index (κ1) is 7.27. The van der Waals surface area contributed by atoms with Crippen molar-refractivity contribution in [2.75, 3.05) is 0 Å². The minimum Gasteiger partial charge on any atom is -0.182 e. The Kier molecular flexibility index (Phi) is 2.44. The molecule has 0 bridgehead atoms. The number of nitriles is 1. The summed E-state index contributed by atoms with van der Waals surface area (Å²) in [6.45, 7) is 2.15. The van der Waals surface area contributed by atoms with Crippen LogP contribution >= 0.6 is 0 Å². The van der Waals surface area contributed by atoms with Crippen molar-refractivity contribution in [2.45, 2.75) is 32.6 Å². The lowest BCUT2D eigenvalue weighted by molar-refractivity contribution is 0.560. The Balaban J connectivity index is 2.58. The summed E-state index contributed by atoms with van der Waals surface area (Å²) in [5.74, 6) is 0.549. The lowest BCUT2D eigenvalue weighted by Gasteiger charge is -2.18. The van der Waals surface area contributed by atoms with Gasteiger partial charge in [-0.05, 0) is 25.2 Å². The van der Waals surface area contributed by atoms with Gasteiger partial charge in [-0.15, -0.1) is 0 Å². The van der Waals surface area contributed by atoms with Gasteiger partial charge in [0, 0.05) is 5.71 Å². The Morgan fingerprint density at radius 1 is 1.60 bits per heavy atom. The van der Waals surface area contributed by atoms with Gasteiger partial charge in [-0.1, -0.05) is 13.3 Å². The maximum atomic E-state index is 8.30. The average molecular weight is 136 g/mol. The van der Waals surface area contributed by atoms with Gasteiger partial charge in [0.2, 0.25) is 6.19 Å². The highest BCUT2D eigenvalue weighted by Crippen LogP contribution is 2.20. The van der Waals surface area contributed by atoms with E-state index in [2.05, 4.69) is 11.9 Å². The molecule has 2 nitrogen and oxygen atoms in total. The first-order valence-corrected chi connectivity index (χ1v) is 3.80. The normalized spacial score (nSPS) is 30.0. The zero-order valence-electron chi connectivity index (χ0n) is 6.30. The molecule has 0 heterocycles. The van der Waals surface area contributed by atoms with Crippen LogP contribution in [-0.2, 0) is 0 Å². The van der Waals surface area contributed by atoms with Crippen molar-refractivity contribution in [1.29, 1.82) is 5.26 Å². The van der Waals surface area contributed by atoms with Crippen LogP contribution in [-0.4, -0.2) is 5.71 Å². The van der Waals surface area contributed by atoms with Crippen LogP contribution in [0.5, 0.6) is 0 Å². The molecule has 1 aliphatic carbocycles. The van der Waals surface area contributed by atoms with E-state index in [1.807, 2.05) is 6.19 Å². The summed E-state index contributed by atoms with van der Waals surface area (Å²) in [6, 6.07) is 0. The second-order valence-electron chi connectivity index (χ2n) is 2.85. The van der Waals surface area contributed by atoms with Crippen LogP contribution < -0.4 is 0 Å². The maximum absolute atomic E-state index is 8.30. The van der Waals surface area contributed by atoms with Crippen LogP contribution in [0.3, 0.4) is 0 Å². The van der Waals surface area contributed by atoms with Gasteiger partial charge in [0.05, 0.1) is 0 Å². The van der Waals surface area contributed by atoms with Crippen LogP contribution in [0.25, 0.3) is 0 Å². The molecule has 0 aromatic heterocycles. The van der Waals surface area contributed by atoms with Crippen LogP contribution in [0.15, 0.2) is 4.99 Å². The molecule has 0 spiro atoms. The molecule has 0 aromatic rings. The van der Waals surface area contributed by atoms with E-state index in [0.717, 1.165) is 12.1 Å². The third-order valence-electron chi connectivity index (χ3n) is 2.08. The van der Waals surface area contributed by atoms with Crippen molar-refractivity contribution >= 4 is 5.71 Å². The van der Waals surface area contributed by atoms with Crippen LogP contribution in [0.4, 0.5) is 0 Å². The van der Waals surface area contributed by atoms with E-state index in [1.54, 1.807) is 0 Å². The molecule has 1 atom stereocenters. The Morgan fingerprint density at radius 2 is 2.40 bits per heavy atom. The molecule has 0 aromatic carbocycles. The smallest absolute Gasteiger partial charge is 0.182 e. The van der Waals surface area contributed by atoms with Gasteiger partial charge in [-0.2, -0.15) is 10.3 Å². The molecule has 0 amide bonds. The predicted octanol–water partition coefficient (Wildman–Crippen LogP) is 2.12. The monoisotopic (exact) mass is 136 g/mol. The van der Waals surface area contributed by atoms with E-state index in [0.29, 0.717) is 5.92 Å². The molecular weight excluding hydrogens is 124 g/mol. The minimum absolute atomic E-state index is 0.549. The number of aliphatic imine (C=N–C) groups is 1. The largest absolute Gasteiger partial charge is 0.205 e. The third kappa shape index (κ3) is 1.57. The molecular formula is C8H12N2. The topological polar surface area (TPSA) is 36.1 Å². The average Bonchev–Trinajstić information content (AvgIpc) is 1.94. The van der Waals surface area contributed by atoms with Gasteiger partial charge < -0.3 is 0 Å². The van der Waals surface area contributed by atoms with Crippen LogP contribution in [0, 0.1) is 17.4 Å². The van der Waals surface area contributed by atoms with Crippen LogP contribution in [0.2, 0.25) is 0 Å². The van der Waals surface area contributed by atoms with Crippen molar-refractivity contribution in [3.8, 4) is 6.19 Å². The maximum Gasteiger partial charge on any atom is 0.205 e. The molecule has 1 rings (SSSR count). The molecule has 0 saturated heterocycles. The highest BCUT2D eigenvalue weighted by Gasteiger charge is 2.14. The van der Waals surface area contributed by atoms with E-state index in [-0.39, 0.29) is 0 Å². The van der Waals surface area contributed by atoms with E-state index >= 15 is 0 Å². The molecule has 1 fully saturated rings. The SMILES string of the molecule is CC1CCCCC1=NC#N. The van der Waals surface area contributed by atoms with Gasteiger partial charge in [0.1, 0.15) is 0 Å². The Bertz CT molecular complexity index is 176. The number of rotatable bonds is 0. The van der Waals surface area contributed by atoms with Gasteiger partial charge in [-0.3, -0.25) is 0 Å². The fourth-order valence-corrected chi connectivity index (χ4v) is 1.40. The first-order valence-electron chi connectivity index (χ1n) is 3.80. The Morgan fingerprint density at radius 3 is 3.00 bits per heavy atom. The van der Waals surface area contributed by atoms with Gasteiger partial charge in [0.25, 0.3) is 0 Å². The summed E-state index contributed by atoms with van der Waals surface area (Å²) >= 11 is 0. The Hall–Kier alpha value is -0.840. The van der Waals surface area contributed by atoms with E-state index in [9.17, 15) is 0 Å². The van der Waals surface area contributed by atoms with Crippen molar-refractivity contribution in [3.05, 3.63) is 0 Å². The Labute approximate surface area is 61.6 Å². The van der Waals surface area contributed by atoms with Crippen molar-refractivity contribution < 1.29 is 0 Å². The second kappa shape index (κ2) is 3.36. The molecule has 2 heteroatoms. The van der Waals surface area contributed by atoms with Gasteiger partial charge in [0.15, 0.2) is 0 Å². The summed E-state index contributed by atoms with van der Waals surface area (Å²) in [5.41, 5.74) is 1.11. The molecule has 0 aliphatic heterocycles. The van der Waals surface area contributed by atoms with E-state index in [1.165, 1.54) is 19.3 Å². The van der Waals surface area contributed by atoms with Gasteiger partial charge in [-0.25, -0.2) is 0 Å².